The number of carbonyl (C=O) groups excluding carboxylic acids is 2. The van der Waals surface area contributed by atoms with Crippen LogP contribution in [0.2, 0.25) is 0 Å². The van der Waals surface area contributed by atoms with Crippen LogP contribution in [0.4, 0.5) is 5.69 Å². The zero-order chi connectivity index (χ0) is 19.4. The summed E-state index contributed by atoms with van der Waals surface area (Å²) in [6.07, 6.45) is 0.715. The van der Waals surface area contributed by atoms with E-state index in [0.717, 1.165) is 11.3 Å². The lowest BCUT2D eigenvalue weighted by Gasteiger charge is -2.42. The summed E-state index contributed by atoms with van der Waals surface area (Å²) in [6, 6.07) is 17.5. The van der Waals surface area contributed by atoms with Crippen molar-refractivity contribution in [2.45, 2.75) is 26.3 Å². The number of anilines is 1. The van der Waals surface area contributed by atoms with Crippen LogP contribution in [-0.4, -0.2) is 43.0 Å². The average Bonchev–Trinajstić information content (AvgIpc) is 2.69. The van der Waals surface area contributed by atoms with Gasteiger partial charge in [0, 0.05) is 24.2 Å². The normalized spacial score (nSPS) is 17.3. The molecular formula is C22H26N2O3. The summed E-state index contributed by atoms with van der Waals surface area (Å²) in [7, 11) is 1.61. The molecule has 5 heteroatoms. The number of methoxy groups -OCH3 is 1. The van der Waals surface area contributed by atoms with Gasteiger partial charge in [0.1, 0.15) is 12.3 Å². The van der Waals surface area contributed by atoms with Gasteiger partial charge in [-0.3, -0.25) is 9.59 Å². The molecule has 0 saturated carbocycles. The average molecular weight is 366 g/mol. The second-order valence-electron chi connectivity index (χ2n) is 7.17. The SMILES string of the molecule is COc1cccc(N2C[C@@H](Cc3ccccc3)N(C(=O)C(C)C)CC2=O)c1. The topological polar surface area (TPSA) is 49.9 Å². The van der Waals surface area contributed by atoms with Gasteiger partial charge in [0.05, 0.1) is 13.2 Å². The molecule has 27 heavy (non-hydrogen) atoms. The molecule has 2 amide bonds. The molecule has 1 heterocycles. The molecule has 0 aliphatic carbocycles. The predicted molar refractivity (Wildman–Crippen MR) is 106 cm³/mol. The molecule has 1 atom stereocenters. The minimum Gasteiger partial charge on any atom is -0.497 e. The summed E-state index contributed by atoms with van der Waals surface area (Å²) in [6.45, 7) is 4.33. The zero-order valence-corrected chi connectivity index (χ0v) is 16.1. The second kappa shape index (κ2) is 8.25. The van der Waals surface area contributed by atoms with Crippen LogP contribution < -0.4 is 9.64 Å². The maximum absolute atomic E-state index is 12.8. The molecule has 1 aliphatic rings. The smallest absolute Gasteiger partial charge is 0.246 e. The number of benzene rings is 2. The van der Waals surface area contributed by atoms with Gasteiger partial charge in [0.25, 0.3) is 0 Å². The van der Waals surface area contributed by atoms with Gasteiger partial charge >= 0.3 is 0 Å². The van der Waals surface area contributed by atoms with Gasteiger partial charge in [-0.05, 0) is 24.1 Å². The number of rotatable bonds is 5. The van der Waals surface area contributed by atoms with Gasteiger partial charge < -0.3 is 14.5 Å². The molecule has 1 fully saturated rings. The third kappa shape index (κ3) is 4.30. The summed E-state index contributed by atoms with van der Waals surface area (Å²) in [5.74, 6) is 0.524. The van der Waals surface area contributed by atoms with Crippen molar-refractivity contribution in [2.75, 3.05) is 25.1 Å². The van der Waals surface area contributed by atoms with E-state index in [1.54, 1.807) is 16.9 Å². The number of piperazine rings is 1. The lowest BCUT2D eigenvalue weighted by molar-refractivity contribution is -0.142. The Kier molecular flexibility index (Phi) is 5.79. The minimum atomic E-state index is -0.139. The lowest BCUT2D eigenvalue weighted by atomic mass is 9.99. The Morgan fingerprint density at radius 1 is 1.15 bits per heavy atom. The first-order chi connectivity index (χ1) is 13.0. The molecule has 5 nitrogen and oxygen atoms in total. The first-order valence-corrected chi connectivity index (χ1v) is 9.28. The Morgan fingerprint density at radius 2 is 1.89 bits per heavy atom. The molecule has 3 rings (SSSR count). The highest BCUT2D eigenvalue weighted by Gasteiger charge is 2.36. The Hall–Kier alpha value is -2.82. The Balaban J connectivity index is 1.89. The quantitative estimate of drug-likeness (QED) is 0.817. The van der Waals surface area contributed by atoms with Gasteiger partial charge in [-0.1, -0.05) is 50.2 Å². The molecule has 0 N–H and O–H groups in total. The van der Waals surface area contributed by atoms with Crippen LogP contribution in [-0.2, 0) is 16.0 Å². The number of nitrogens with zero attached hydrogens (tertiary/aromatic N) is 2. The van der Waals surface area contributed by atoms with Crippen molar-refractivity contribution in [3.05, 3.63) is 60.2 Å². The van der Waals surface area contributed by atoms with Crippen LogP contribution >= 0.6 is 0 Å². The number of carbonyl (C=O) groups is 2. The maximum Gasteiger partial charge on any atom is 0.246 e. The maximum atomic E-state index is 12.8. The molecule has 2 aromatic carbocycles. The third-order valence-corrected chi connectivity index (χ3v) is 4.90. The van der Waals surface area contributed by atoms with Crippen molar-refractivity contribution in [1.29, 1.82) is 0 Å². The van der Waals surface area contributed by atoms with Crippen molar-refractivity contribution >= 4 is 17.5 Å². The van der Waals surface area contributed by atoms with E-state index in [-0.39, 0.29) is 30.3 Å². The van der Waals surface area contributed by atoms with E-state index in [2.05, 4.69) is 12.1 Å². The Bertz CT molecular complexity index is 804. The van der Waals surface area contributed by atoms with E-state index < -0.39 is 0 Å². The molecule has 2 aromatic rings. The summed E-state index contributed by atoms with van der Waals surface area (Å²) in [4.78, 5) is 29.1. The lowest BCUT2D eigenvalue weighted by Crippen LogP contribution is -2.59. The van der Waals surface area contributed by atoms with Crippen LogP contribution in [0.5, 0.6) is 5.75 Å². The number of hydrogen-bond acceptors (Lipinski definition) is 3. The second-order valence-corrected chi connectivity index (χ2v) is 7.17. The molecule has 0 aromatic heterocycles. The van der Waals surface area contributed by atoms with E-state index in [1.165, 1.54) is 0 Å². The molecule has 0 spiro atoms. The van der Waals surface area contributed by atoms with Crippen LogP contribution in [0.15, 0.2) is 54.6 Å². The molecule has 0 bridgehead atoms. The molecule has 1 saturated heterocycles. The van der Waals surface area contributed by atoms with Crippen LogP contribution in [0.1, 0.15) is 19.4 Å². The summed E-state index contributed by atoms with van der Waals surface area (Å²) in [5, 5.41) is 0. The molecule has 142 valence electrons. The van der Waals surface area contributed by atoms with Gasteiger partial charge in [0.15, 0.2) is 0 Å². The number of amides is 2. The Morgan fingerprint density at radius 3 is 2.56 bits per heavy atom. The fourth-order valence-electron chi connectivity index (χ4n) is 3.45. The minimum absolute atomic E-state index is 0.0228. The summed E-state index contributed by atoms with van der Waals surface area (Å²) in [5.41, 5.74) is 1.96. The van der Waals surface area contributed by atoms with Crippen molar-refractivity contribution in [2.24, 2.45) is 5.92 Å². The highest BCUT2D eigenvalue weighted by molar-refractivity contribution is 5.98. The van der Waals surface area contributed by atoms with E-state index in [0.29, 0.717) is 18.7 Å². The molecule has 1 aliphatic heterocycles. The highest BCUT2D eigenvalue weighted by atomic mass is 16.5. The van der Waals surface area contributed by atoms with Crippen molar-refractivity contribution < 1.29 is 14.3 Å². The first kappa shape index (κ1) is 19.0. The molecular weight excluding hydrogens is 340 g/mol. The van der Waals surface area contributed by atoms with Crippen LogP contribution in [0.25, 0.3) is 0 Å². The standard InChI is InChI=1S/C22H26N2O3/c1-16(2)22(26)24-15-21(25)23(18-10-7-11-20(13-18)27-3)14-19(24)12-17-8-5-4-6-9-17/h4-11,13,16,19H,12,14-15H2,1-3H3/t19-/m1/s1. The van der Waals surface area contributed by atoms with E-state index in [4.69, 9.17) is 4.74 Å². The van der Waals surface area contributed by atoms with E-state index in [1.807, 2.05) is 56.3 Å². The fourth-order valence-corrected chi connectivity index (χ4v) is 3.45. The first-order valence-electron chi connectivity index (χ1n) is 9.28. The molecule has 0 unspecified atom stereocenters. The largest absolute Gasteiger partial charge is 0.497 e. The van der Waals surface area contributed by atoms with Gasteiger partial charge in [-0.15, -0.1) is 0 Å². The van der Waals surface area contributed by atoms with Crippen LogP contribution in [0.3, 0.4) is 0 Å². The van der Waals surface area contributed by atoms with Gasteiger partial charge in [-0.25, -0.2) is 0 Å². The number of ether oxygens (including phenoxy) is 1. The van der Waals surface area contributed by atoms with E-state index >= 15 is 0 Å². The van der Waals surface area contributed by atoms with Crippen molar-refractivity contribution in [3.63, 3.8) is 0 Å². The highest BCUT2D eigenvalue weighted by Crippen LogP contribution is 2.26. The number of hydrogen-bond donors (Lipinski definition) is 0. The van der Waals surface area contributed by atoms with E-state index in [9.17, 15) is 9.59 Å². The predicted octanol–water partition coefficient (Wildman–Crippen LogP) is 3.14. The summed E-state index contributed by atoms with van der Waals surface area (Å²) < 4.78 is 5.29. The fraction of sp³-hybridized carbons (Fsp3) is 0.364. The Labute approximate surface area is 160 Å². The third-order valence-electron chi connectivity index (χ3n) is 4.90. The van der Waals surface area contributed by atoms with Crippen LogP contribution in [0, 0.1) is 5.92 Å². The van der Waals surface area contributed by atoms with Crippen molar-refractivity contribution in [3.8, 4) is 5.75 Å². The zero-order valence-electron chi connectivity index (χ0n) is 16.1. The monoisotopic (exact) mass is 366 g/mol. The van der Waals surface area contributed by atoms with Gasteiger partial charge in [-0.2, -0.15) is 0 Å². The summed E-state index contributed by atoms with van der Waals surface area (Å²) >= 11 is 0. The van der Waals surface area contributed by atoms with Gasteiger partial charge in [0.2, 0.25) is 11.8 Å². The van der Waals surface area contributed by atoms with Crippen molar-refractivity contribution in [1.82, 2.24) is 4.90 Å². The molecule has 0 radical (unpaired) electrons.